The van der Waals surface area contributed by atoms with E-state index < -0.39 is 22.0 Å². The molecule has 39 heavy (non-hydrogen) atoms. The molecule has 0 aliphatic carbocycles. The minimum absolute atomic E-state index is 0.110. The number of benzene rings is 3. The molecule has 0 bridgehead atoms. The van der Waals surface area contributed by atoms with Crippen LogP contribution in [-0.4, -0.2) is 44.9 Å². The number of methoxy groups -OCH3 is 1. The van der Waals surface area contributed by atoms with Gasteiger partial charge in [-0.15, -0.1) is 0 Å². The van der Waals surface area contributed by atoms with Crippen molar-refractivity contribution in [3.63, 3.8) is 0 Å². The highest BCUT2D eigenvalue weighted by Gasteiger charge is 2.24. The van der Waals surface area contributed by atoms with Crippen molar-refractivity contribution in [3.8, 4) is 0 Å². The van der Waals surface area contributed by atoms with Gasteiger partial charge in [0.25, 0.3) is 0 Å². The number of carbonyl (C=O) groups is 2. The van der Waals surface area contributed by atoms with Crippen molar-refractivity contribution in [3.05, 3.63) is 113 Å². The van der Waals surface area contributed by atoms with Gasteiger partial charge in [-0.05, 0) is 54.8 Å². The maximum absolute atomic E-state index is 13.1. The van der Waals surface area contributed by atoms with Crippen LogP contribution in [0, 0.1) is 0 Å². The average Bonchev–Trinajstić information content (AvgIpc) is 2.96. The molecule has 3 aromatic carbocycles. The number of esters is 2. The topological polar surface area (TPSA) is 90.0 Å². The highest BCUT2D eigenvalue weighted by atomic mass is 32.2. The van der Waals surface area contributed by atoms with Crippen molar-refractivity contribution in [1.29, 1.82) is 0 Å². The van der Waals surface area contributed by atoms with E-state index in [0.717, 1.165) is 5.56 Å². The van der Waals surface area contributed by atoms with E-state index in [2.05, 4.69) is 0 Å². The lowest BCUT2D eigenvalue weighted by Crippen LogP contribution is -2.32. The number of ether oxygens (including phenoxy) is 2. The van der Waals surface area contributed by atoms with Crippen LogP contribution in [0.15, 0.2) is 101 Å². The van der Waals surface area contributed by atoms with Gasteiger partial charge in [-0.2, -0.15) is 4.31 Å². The Bertz CT molecular complexity index is 1410. The van der Waals surface area contributed by atoms with E-state index in [9.17, 15) is 18.0 Å². The average molecular weight is 548 g/mol. The Balaban J connectivity index is 1.94. The number of carbonyl (C=O) groups excluding carboxylic acids is 2. The maximum Gasteiger partial charge on any atom is 0.343 e. The van der Waals surface area contributed by atoms with E-state index in [1.54, 1.807) is 30.3 Å². The molecule has 0 aliphatic heterocycles. The molecular weight excluding hydrogens is 514 g/mol. The van der Waals surface area contributed by atoms with Gasteiger partial charge in [0.15, 0.2) is 0 Å². The SMILES string of the molecule is CCCN(CCC)S(=O)(=O)c1ccc(C(=O)O/C(=C\C(=C\c2ccccc2)C(=O)OC)c2ccccc2)cc1. The van der Waals surface area contributed by atoms with Crippen molar-refractivity contribution in [2.45, 2.75) is 31.6 Å². The van der Waals surface area contributed by atoms with Gasteiger partial charge in [0, 0.05) is 18.7 Å². The molecule has 0 saturated heterocycles. The van der Waals surface area contributed by atoms with Crippen molar-refractivity contribution in [2.75, 3.05) is 20.2 Å². The Morgan fingerprint density at radius 2 is 1.36 bits per heavy atom. The third kappa shape index (κ3) is 7.99. The van der Waals surface area contributed by atoms with Crippen LogP contribution in [0.3, 0.4) is 0 Å². The molecule has 7 nitrogen and oxygen atoms in total. The third-order valence-electron chi connectivity index (χ3n) is 5.76. The summed E-state index contributed by atoms with van der Waals surface area (Å²) in [7, 11) is -2.40. The highest BCUT2D eigenvalue weighted by Crippen LogP contribution is 2.23. The molecule has 0 saturated carbocycles. The van der Waals surface area contributed by atoms with Crippen LogP contribution in [0.25, 0.3) is 11.8 Å². The molecule has 0 unspecified atom stereocenters. The second-order valence-electron chi connectivity index (χ2n) is 8.69. The molecule has 0 atom stereocenters. The number of hydrogen-bond donors (Lipinski definition) is 0. The molecule has 0 aromatic heterocycles. The summed E-state index contributed by atoms with van der Waals surface area (Å²) in [5.41, 5.74) is 1.69. The van der Waals surface area contributed by atoms with Gasteiger partial charge in [-0.3, -0.25) is 0 Å². The molecule has 0 spiro atoms. The van der Waals surface area contributed by atoms with Gasteiger partial charge in [-0.1, -0.05) is 74.5 Å². The maximum atomic E-state index is 13.1. The third-order valence-corrected chi connectivity index (χ3v) is 7.68. The van der Waals surface area contributed by atoms with Crippen molar-refractivity contribution < 1.29 is 27.5 Å². The van der Waals surface area contributed by atoms with Crippen LogP contribution in [0.5, 0.6) is 0 Å². The minimum Gasteiger partial charge on any atom is -0.465 e. The van der Waals surface area contributed by atoms with Gasteiger partial charge in [0.2, 0.25) is 10.0 Å². The molecule has 8 heteroatoms. The predicted molar refractivity (Wildman–Crippen MR) is 152 cm³/mol. The van der Waals surface area contributed by atoms with Gasteiger partial charge in [0.05, 0.1) is 23.1 Å². The molecule has 0 radical (unpaired) electrons. The zero-order valence-corrected chi connectivity index (χ0v) is 23.2. The Labute approximate surface area is 230 Å². The van der Waals surface area contributed by atoms with E-state index in [0.29, 0.717) is 31.5 Å². The van der Waals surface area contributed by atoms with E-state index >= 15 is 0 Å². The minimum atomic E-state index is -3.68. The van der Waals surface area contributed by atoms with Crippen LogP contribution < -0.4 is 0 Å². The van der Waals surface area contributed by atoms with Gasteiger partial charge in [0.1, 0.15) is 5.76 Å². The number of rotatable bonds is 12. The Kier molecular flexibility index (Phi) is 10.8. The summed E-state index contributed by atoms with van der Waals surface area (Å²) >= 11 is 0. The Morgan fingerprint density at radius 3 is 1.90 bits per heavy atom. The summed E-state index contributed by atoms with van der Waals surface area (Å²) in [6.45, 7) is 4.69. The van der Waals surface area contributed by atoms with Crippen LogP contribution in [0.2, 0.25) is 0 Å². The van der Waals surface area contributed by atoms with Crippen molar-refractivity contribution >= 4 is 33.8 Å². The summed E-state index contributed by atoms with van der Waals surface area (Å²) in [6, 6.07) is 23.8. The van der Waals surface area contributed by atoms with Crippen LogP contribution in [-0.2, 0) is 24.3 Å². The molecule has 3 rings (SSSR count). The largest absolute Gasteiger partial charge is 0.465 e. The smallest absolute Gasteiger partial charge is 0.343 e. The van der Waals surface area contributed by atoms with Crippen molar-refractivity contribution in [1.82, 2.24) is 4.31 Å². The first-order chi connectivity index (χ1) is 18.8. The molecule has 0 N–H and O–H groups in total. The molecule has 204 valence electrons. The quantitative estimate of drug-likeness (QED) is 0.120. The zero-order valence-electron chi connectivity index (χ0n) is 22.4. The lowest BCUT2D eigenvalue weighted by atomic mass is 10.1. The fraction of sp³-hybridized carbons (Fsp3) is 0.226. The predicted octanol–water partition coefficient (Wildman–Crippen LogP) is 5.95. The fourth-order valence-corrected chi connectivity index (χ4v) is 5.47. The van der Waals surface area contributed by atoms with Crippen LogP contribution in [0.4, 0.5) is 0 Å². The first-order valence-electron chi connectivity index (χ1n) is 12.7. The summed E-state index contributed by atoms with van der Waals surface area (Å²) in [6.07, 6.45) is 4.49. The van der Waals surface area contributed by atoms with Crippen molar-refractivity contribution in [2.24, 2.45) is 0 Å². The molecule has 0 fully saturated rings. The molecular formula is C31H33NO6S. The Hall–Kier alpha value is -4.01. The van der Waals surface area contributed by atoms with Crippen LogP contribution in [0.1, 0.15) is 48.2 Å². The van der Waals surface area contributed by atoms with Gasteiger partial charge >= 0.3 is 11.9 Å². The second kappa shape index (κ2) is 14.2. The van der Waals surface area contributed by atoms with E-state index in [1.807, 2.05) is 50.2 Å². The Morgan fingerprint density at radius 1 is 0.795 bits per heavy atom. The second-order valence-corrected chi connectivity index (χ2v) is 10.6. The molecule has 0 heterocycles. The van der Waals surface area contributed by atoms with E-state index in [-0.39, 0.29) is 21.8 Å². The number of hydrogen-bond acceptors (Lipinski definition) is 6. The normalized spacial score (nSPS) is 12.3. The first kappa shape index (κ1) is 29.5. The standard InChI is InChI=1S/C31H33NO6S/c1-4-20-32(21-5-2)39(35,36)28-18-16-26(17-19-28)31(34)38-29(25-14-10-7-11-15-25)23-27(30(33)37-3)22-24-12-8-6-9-13-24/h6-19,22-23H,4-5,20-21H2,1-3H3/b27-22-,29-23-. The molecule has 3 aromatic rings. The lowest BCUT2D eigenvalue weighted by molar-refractivity contribution is -0.135. The summed E-state index contributed by atoms with van der Waals surface area (Å²) < 4.78 is 38.3. The monoisotopic (exact) mass is 547 g/mol. The summed E-state index contributed by atoms with van der Waals surface area (Å²) in [5, 5.41) is 0. The summed E-state index contributed by atoms with van der Waals surface area (Å²) in [5.74, 6) is -1.15. The number of nitrogens with zero attached hydrogens (tertiary/aromatic N) is 1. The van der Waals surface area contributed by atoms with E-state index in [4.69, 9.17) is 9.47 Å². The van der Waals surface area contributed by atoms with Crippen LogP contribution >= 0.6 is 0 Å². The first-order valence-corrected chi connectivity index (χ1v) is 14.2. The zero-order chi connectivity index (χ0) is 28.3. The summed E-state index contributed by atoms with van der Waals surface area (Å²) in [4.78, 5) is 25.8. The number of sulfonamides is 1. The lowest BCUT2D eigenvalue weighted by Gasteiger charge is -2.21. The highest BCUT2D eigenvalue weighted by molar-refractivity contribution is 7.89. The molecule has 0 aliphatic rings. The molecule has 0 amide bonds. The van der Waals surface area contributed by atoms with E-state index in [1.165, 1.54) is 41.8 Å². The van der Waals surface area contributed by atoms with Gasteiger partial charge < -0.3 is 9.47 Å². The fourth-order valence-electron chi connectivity index (χ4n) is 3.84. The van der Waals surface area contributed by atoms with Gasteiger partial charge in [-0.25, -0.2) is 18.0 Å².